The minimum atomic E-state index is 0.901. The van der Waals surface area contributed by atoms with Crippen LogP contribution >= 0.6 is 0 Å². The Hall–Kier alpha value is -6.96. The van der Waals surface area contributed by atoms with Crippen LogP contribution in [-0.2, 0) is 0 Å². The van der Waals surface area contributed by atoms with Gasteiger partial charge in [-0.25, -0.2) is 0 Å². The molecule has 0 atom stereocenters. The number of benzene rings is 10. The summed E-state index contributed by atoms with van der Waals surface area (Å²) < 4.78 is 6.51. The second-order valence-electron chi connectivity index (χ2n) is 14.0. The summed E-state index contributed by atoms with van der Waals surface area (Å²) >= 11 is 0. The summed E-state index contributed by atoms with van der Waals surface area (Å²) in [6.07, 6.45) is 0. The Bertz CT molecular complexity index is 3070. The smallest absolute Gasteiger partial charge is 0.135 e. The number of ether oxygens (including phenoxy) is 1. The normalized spacial score (nSPS) is 11.9. The number of hydrogen-bond acceptors (Lipinski definition) is 1. The van der Waals surface area contributed by atoms with Crippen LogP contribution in [0.2, 0.25) is 0 Å². The Morgan fingerprint density at radius 1 is 0.264 bits per heavy atom. The molecule has 0 saturated heterocycles. The van der Waals surface area contributed by atoms with Gasteiger partial charge in [-0.3, -0.25) is 0 Å². The molecular weight excluding hydrogens is 641 g/mol. The van der Waals surface area contributed by atoms with E-state index in [-0.39, 0.29) is 0 Å². The molecule has 0 spiro atoms. The molecule has 0 aromatic heterocycles. The van der Waals surface area contributed by atoms with E-state index in [0.29, 0.717) is 0 Å². The Labute approximate surface area is 308 Å². The standard InChI is InChI=1S/C52H32O/c1-3-14-33(15-4-1)36-30-37(39-28-29-48-51-42(39)23-13-24-43(51)41-20-11-12-25-47(41)53-48)32-38(31-36)49-44-21-9-10-22-45(44)50(35-17-5-2-6-18-35)52-40-19-8-7-16-34(40)26-27-46(49)52/h1-32H. The number of rotatable bonds is 4. The molecule has 0 bridgehead atoms. The molecule has 11 rings (SSSR count). The Balaban J connectivity index is 1.26. The van der Waals surface area contributed by atoms with Crippen LogP contribution in [0.5, 0.6) is 11.5 Å². The molecule has 0 aliphatic carbocycles. The predicted octanol–water partition coefficient (Wildman–Crippen LogP) is 14.7. The van der Waals surface area contributed by atoms with E-state index in [1.807, 2.05) is 6.07 Å². The third kappa shape index (κ3) is 4.64. The fourth-order valence-electron chi connectivity index (χ4n) is 8.72. The first kappa shape index (κ1) is 29.7. The summed E-state index contributed by atoms with van der Waals surface area (Å²) in [4.78, 5) is 0. The quantitative estimate of drug-likeness (QED) is 0.134. The van der Waals surface area contributed by atoms with Crippen LogP contribution in [-0.4, -0.2) is 0 Å². The van der Waals surface area contributed by atoms with Crippen LogP contribution in [0.3, 0.4) is 0 Å². The SMILES string of the molecule is c1ccc(-c2cc(-c3ccc4c5c(cccc35)-c3ccccc3O4)cc(-c3c4ccccc4c(-c4ccccc4)c4c3ccc3ccccc34)c2)cc1. The first-order valence-electron chi connectivity index (χ1n) is 18.3. The molecule has 1 heterocycles. The van der Waals surface area contributed by atoms with Crippen molar-refractivity contribution in [2.24, 2.45) is 0 Å². The first-order chi connectivity index (χ1) is 26.3. The molecule has 1 heteroatoms. The third-order valence-electron chi connectivity index (χ3n) is 11.0. The lowest BCUT2D eigenvalue weighted by Crippen LogP contribution is -1.98. The highest BCUT2D eigenvalue weighted by Crippen LogP contribution is 2.50. The predicted molar refractivity (Wildman–Crippen MR) is 224 cm³/mol. The van der Waals surface area contributed by atoms with Crippen LogP contribution in [0, 0.1) is 0 Å². The molecule has 0 radical (unpaired) electrons. The summed E-state index contributed by atoms with van der Waals surface area (Å²) in [7, 11) is 0. The lowest BCUT2D eigenvalue weighted by atomic mass is 9.82. The maximum absolute atomic E-state index is 6.51. The molecule has 10 aromatic rings. The zero-order valence-electron chi connectivity index (χ0n) is 28.9. The van der Waals surface area contributed by atoms with Crippen LogP contribution in [0.1, 0.15) is 0 Å². The topological polar surface area (TPSA) is 9.23 Å². The summed E-state index contributed by atoms with van der Waals surface area (Å²) in [5.74, 6) is 1.80. The average Bonchev–Trinajstić information content (AvgIpc) is 3.23. The van der Waals surface area contributed by atoms with Gasteiger partial charge in [-0.15, -0.1) is 0 Å². The lowest BCUT2D eigenvalue weighted by molar-refractivity contribution is 0.487. The number of fused-ring (bicyclic) bond motifs is 6. The molecular formula is C52H32O. The van der Waals surface area contributed by atoms with Crippen LogP contribution < -0.4 is 4.74 Å². The van der Waals surface area contributed by atoms with Gasteiger partial charge in [0.2, 0.25) is 0 Å². The van der Waals surface area contributed by atoms with Gasteiger partial charge < -0.3 is 4.74 Å². The molecule has 1 aliphatic heterocycles. The Morgan fingerprint density at radius 2 is 0.887 bits per heavy atom. The number of para-hydroxylation sites is 1. The molecule has 0 N–H and O–H groups in total. The van der Waals surface area contributed by atoms with E-state index in [0.717, 1.165) is 22.4 Å². The zero-order valence-corrected chi connectivity index (χ0v) is 28.9. The molecule has 53 heavy (non-hydrogen) atoms. The lowest BCUT2D eigenvalue weighted by Gasteiger charge is -2.23. The van der Waals surface area contributed by atoms with E-state index in [4.69, 9.17) is 4.74 Å². The molecule has 0 amide bonds. The van der Waals surface area contributed by atoms with Crippen molar-refractivity contribution < 1.29 is 4.74 Å². The van der Waals surface area contributed by atoms with Gasteiger partial charge in [0.1, 0.15) is 11.5 Å². The largest absolute Gasteiger partial charge is 0.456 e. The highest BCUT2D eigenvalue weighted by atomic mass is 16.5. The summed E-state index contributed by atoms with van der Waals surface area (Å²) in [5, 5.41) is 9.87. The molecule has 1 nitrogen and oxygen atoms in total. The number of hydrogen-bond donors (Lipinski definition) is 0. The fourth-order valence-corrected chi connectivity index (χ4v) is 8.72. The fraction of sp³-hybridized carbons (Fsp3) is 0. The Morgan fingerprint density at radius 3 is 1.72 bits per heavy atom. The van der Waals surface area contributed by atoms with Crippen LogP contribution in [0.4, 0.5) is 0 Å². The van der Waals surface area contributed by atoms with Crippen molar-refractivity contribution in [1.82, 2.24) is 0 Å². The van der Waals surface area contributed by atoms with Crippen molar-refractivity contribution in [3.8, 4) is 67.1 Å². The van der Waals surface area contributed by atoms with Gasteiger partial charge >= 0.3 is 0 Å². The average molecular weight is 673 g/mol. The van der Waals surface area contributed by atoms with Crippen molar-refractivity contribution in [2.45, 2.75) is 0 Å². The van der Waals surface area contributed by atoms with Crippen LogP contribution in [0.15, 0.2) is 194 Å². The van der Waals surface area contributed by atoms with E-state index < -0.39 is 0 Å². The van der Waals surface area contributed by atoms with E-state index in [1.54, 1.807) is 0 Å². The van der Waals surface area contributed by atoms with Gasteiger partial charge in [0.15, 0.2) is 0 Å². The highest BCUT2D eigenvalue weighted by molar-refractivity contribution is 6.28. The Kier molecular flexibility index (Phi) is 6.62. The minimum absolute atomic E-state index is 0.901. The van der Waals surface area contributed by atoms with Crippen molar-refractivity contribution >= 4 is 43.1 Å². The first-order valence-corrected chi connectivity index (χ1v) is 18.3. The summed E-state index contributed by atoms with van der Waals surface area (Å²) in [5.41, 5.74) is 12.0. The molecule has 0 saturated carbocycles. The van der Waals surface area contributed by atoms with Crippen molar-refractivity contribution in [2.75, 3.05) is 0 Å². The van der Waals surface area contributed by atoms with Gasteiger partial charge in [0.25, 0.3) is 0 Å². The second kappa shape index (κ2) is 11.8. The monoisotopic (exact) mass is 672 g/mol. The molecule has 246 valence electrons. The van der Waals surface area contributed by atoms with Gasteiger partial charge in [0.05, 0.1) is 0 Å². The van der Waals surface area contributed by atoms with Crippen molar-refractivity contribution in [3.63, 3.8) is 0 Å². The third-order valence-corrected chi connectivity index (χ3v) is 11.0. The van der Waals surface area contributed by atoms with Gasteiger partial charge in [0, 0.05) is 10.9 Å². The van der Waals surface area contributed by atoms with Crippen molar-refractivity contribution in [3.05, 3.63) is 194 Å². The van der Waals surface area contributed by atoms with Gasteiger partial charge in [-0.2, -0.15) is 0 Å². The molecule has 0 fully saturated rings. The summed E-state index contributed by atoms with van der Waals surface area (Å²) in [6, 6.07) is 70.6. The highest BCUT2D eigenvalue weighted by Gasteiger charge is 2.23. The van der Waals surface area contributed by atoms with Gasteiger partial charge in [-0.1, -0.05) is 164 Å². The molecule has 1 aliphatic rings. The molecule has 10 aromatic carbocycles. The summed E-state index contributed by atoms with van der Waals surface area (Å²) in [6.45, 7) is 0. The van der Waals surface area contributed by atoms with E-state index in [2.05, 4.69) is 188 Å². The van der Waals surface area contributed by atoms with E-state index in [9.17, 15) is 0 Å². The van der Waals surface area contributed by atoms with Crippen LogP contribution in [0.25, 0.3) is 98.7 Å². The second-order valence-corrected chi connectivity index (χ2v) is 14.0. The zero-order chi connectivity index (χ0) is 34.9. The maximum Gasteiger partial charge on any atom is 0.135 e. The van der Waals surface area contributed by atoms with Gasteiger partial charge in [-0.05, 0) is 118 Å². The van der Waals surface area contributed by atoms with Crippen molar-refractivity contribution in [1.29, 1.82) is 0 Å². The van der Waals surface area contributed by atoms with E-state index >= 15 is 0 Å². The maximum atomic E-state index is 6.51. The van der Waals surface area contributed by atoms with E-state index in [1.165, 1.54) is 87.8 Å². The minimum Gasteiger partial charge on any atom is -0.456 e. The molecule has 0 unspecified atom stereocenters.